The summed E-state index contributed by atoms with van der Waals surface area (Å²) in [5.41, 5.74) is 1.53. The summed E-state index contributed by atoms with van der Waals surface area (Å²) in [6.07, 6.45) is 2.19. The summed E-state index contributed by atoms with van der Waals surface area (Å²) in [5.74, 6) is 1.34. The van der Waals surface area contributed by atoms with Crippen LogP contribution in [-0.2, 0) is 0 Å². The number of hydrogen-bond donors (Lipinski definition) is 1. The van der Waals surface area contributed by atoms with Crippen LogP contribution in [0.3, 0.4) is 0 Å². The highest BCUT2D eigenvalue weighted by atomic mass is 35.5. The number of hydrogen-bond acceptors (Lipinski definition) is 4. The smallest absolute Gasteiger partial charge is 0.253 e. The first-order valence-electron chi connectivity index (χ1n) is 8.37. The maximum absolute atomic E-state index is 12.7. The first kappa shape index (κ1) is 16.6. The number of aromatic amines is 1. The summed E-state index contributed by atoms with van der Waals surface area (Å²) < 4.78 is 5.95. The van der Waals surface area contributed by atoms with E-state index in [4.69, 9.17) is 16.3 Å². The second-order valence-electron chi connectivity index (χ2n) is 6.12. The standard InChI is InChI=1S/C19H17ClN4O2/c20-16-3-1-2-4-17(16)26-15-9-10-24(11-15)19(25)14-7-5-13(6-8-14)18-21-12-22-23-18/h1-8,12,15H,9-11H2,(H,21,22,23). The van der Waals surface area contributed by atoms with Crippen molar-refractivity contribution in [1.82, 2.24) is 20.1 Å². The van der Waals surface area contributed by atoms with Crippen molar-refractivity contribution >= 4 is 17.5 Å². The van der Waals surface area contributed by atoms with E-state index in [1.165, 1.54) is 6.33 Å². The van der Waals surface area contributed by atoms with E-state index in [0.29, 0.717) is 35.2 Å². The summed E-state index contributed by atoms with van der Waals surface area (Å²) in [4.78, 5) is 18.6. The fourth-order valence-electron chi connectivity index (χ4n) is 3.03. The molecule has 132 valence electrons. The van der Waals surface area contributed by atoms with Gasteiger partial charge in [0.05, 0.1) is 11.6 Å². The van der Waals surface area contributed by atoms with Crippen molar-refractivity contribution in [3.8, 4) is 17.1 Å². The summed E-state index contributed by atoms with van der Waals surface area (Å²) in [6, 6.07) is 14.7. The van der Waals surface area contributed by atoms with Crippen LogP contribution in [0.5, 0.6) is 5.75 Å². The van der Waals surface area contributed by atoms with Gasteiger partial charge in [-0.25, -0.2) is 4.98 Å². The molecule has 4 rings (SSSR count). The Morgan fingerprint density at radius 2 is 2.00 bits per heavy atom. The normalized spacial score (nSPS) is 16.7. The number of H-pyrrole nitrogens is 1. The maximum Gasteiger partial charge on any atom is 0.253 e. The molecule has 1 saturated heterocycles. The number of nitrogens with zero attached hydrogens (tertiary/aromatic N) is 3. The zero-order valence-electron chi connectivity index (χ0n) is 13.9. The zero-order chi connectivity index (χ0) is 17.9. The minimum atomic E-state index is -0.0488. The van der Waals surface area contributed by atoms with Gasteiger partial charge < -0.3 is 9.64 Å². The van der Waals surface area contributed by atoms with Gasteiger partial charge in [0, 0.05) is 24.1 Å². The quantitative estimate of drug-likeness (QED) is 0.766. The number of ether oxygens (including phenoxy) is 1. The Hall–Kier alpha value is -2.86. The Morgan fingerprint density at radius 1 is 1.19 bits per heavy atom. The van der Waals surface area contributed by atoms with E-state index in [9.17, 15) is 4.79 Å². The number of halogens is 1. The van der Waals surface area contributed by atoms with E-state index in [2.05, 4.69) is 15.2 Å². The van der Waals surface area contributed by atoms with Crippen molar-refractivity contribution in [3.05, 3.63) is 65.4 Å². The van der Waals surface area contributed by atoms with Crippen molar-refractivity contribution in [3.63, 3.8) is 0 Å². The Bertz CT molecular complexity index is 896. The van der Waals surface area contributed by atoms with Crippen LogP contribution in [0.1, 0.15) is 16.8 Å². The number of rotatable bonds is 4. The number of aromatic nitrogens is 3. The molecule has 1 fully saturated rings. The SMILES string of the molecule is O=C(c1ccc(-c2ncn[nH]2)cc1)N1CCC(Oc2ccccc2Cl)C1. The van der Waals surface area contributed by atoms with Crippen LogP contribution in [0.2, 0.25) is 5.02 Å². The van der Waals surface area contributed by atoms with Crippen molar-refractivity contribution < 1.29 is 9.53 Å². The molecular weight excluding hydrogens is 352 g/mol. The third kappa shape index (κ3) is 3.41. The average Bonchev–Trinajstić information content (AvgIpc) is 3.35. The molecule has 1 aliphatic rings. The molecular formula is C19H17ClN4O2. The molecule has 1 aliphatic heterocycles. The number of likely N-dealkylation sites (tertiary alicyclic amines) is 1. The second-order valence-corrected chi connectivity index (χ2v) is 6.53. The molecule has 1 unspecified atom stereocenters. The molecule has 1 aromatic heterocycles. The lowest BCUT2D eigenvalue weighted by Gasteiger charge is -2.18. The molecule has 0 radical (unpaired) electrons. The fourth-order valence-corrected chi connectivity index (χ4v) is 3.21. The highest BCUT2D eigenvalue weighted by molar-refractivity contribution is 6.32. The van der Waals surface area contributed by atoms with Crippen molar-refractivity contribution in [2.45, 2.75) is 12.5 Å². The number of carbonyl (C=O) groups excluding carboxylic acids is 1. The maximum atomic E-state index is 12.7. The number of nitrogens with one attached hydrogen (secondary N) is 1. The average molecular weight is 369 g/mol. The van der Waals surface area contributed by atoms with Crippen LogP contribution in [0, 0.1) is 0 Å². The summed E-state index contributed by atoms with van der Waals surface area (Å²) in [7, 11) is 0. The van der Waals surface area contributed by atoms with Gasteiger partial charge in [-0.05, 0) is 24.3 Å². The van der Waals surface area contributed by atoms with Crippen LogP contribution in [0.25, 0.3) is 11.4 Å². The number of para-hydroxylation sites is 1. The van der Waals surface area contributed by atoms with Crippen molar-refractivity contribution in [2.24, 2.45) is 0 Å². The van der Waals surface area contributed by atoms with Gasteiger partial charge in [0.1, 0.15) is 18.2 Å². The largest absolute Gasteiger partial charge is 0.487 e. The van der Waals surface area contributed by atoms with Gasteiger partial charge in [-0.3, -0.25) is 9.89 Å². The molecule has 1 N–H and O–H groups in total. The van der Waals surface area contributed by atoms with E-state index in [0.717, 1.165) is 12.0 Å². The van der Waals surface area contributed by atoms with E-state index in [-0.39, 0.29) is 12.0 Å². The van der Waals surface area contributed by atoms with Crippen molar-refractivity contribution in [1.29, 1.82) is 0 Å². The summed E-state index contributed by atoms with van der Waals surface area (Å²) in [5, 5.41) is 7.22. The van der Waals surface area contributed by atoms with E-state index in [1.807, 2.05) is 47.4 Å². The Balaban J connectivity index is 1.40. The Kier molecular flexibility index (Phi) is 4.58. The molecule has 0 bridgehead atoms. The van der Waals surface area contributed by atoms with Gasteiger partial charge in [0.25, 0.3) is 5.91 Å². The topological polar surface area (TPSA) is 71.1 Å². The summed E-state index contributed by atoms with van der Waals surface area (Å²) >= 11 is 6.14. The van der Waals surface area contributed by atoms with Gasteiger partial charge in [0.15, 0.2) is 5.82 Å². The molecule has 1 amide bonds. The summed E-state index contributed by atoms with van der Waals surface area (Å²) in [6.45, 7) is 1.21. The second kappa shape index (κ2) is 7.17. The minimum Gasteiger partial charge on any atom is -0.487 e. The minimum absolute atomic E-state index is 0.000575. The molecule has 1 atom stereocenters. The lowest BCUT2D eigenvalue weighted by Crippen LogP contribution is -2.30. The third-order valence-electron chi connectivity index (χ3n) is 4.38. The number of amides is 1. The van der Waals surface area contributed by atoms with Crippen LogP contribution in [0.4, 0.5) is 0 Å². The van der Waals surface area contributed by atoms with Gasteiger partial charge in [-0.2, -0.15) is 5.10 Å². The molecule has 6 nitrogen and oxygen atoms in total. The van der Waals surface area contributed by atoms with Crippen molar-refractivity contribution in [2.75, 3.05) is 13.1 Å². The third-order valence-corrected chi connectivity index (χ3v) is 4.70. The lowest BCUT2D eigenvalue weighted by atomic mass is 10.1. The highest BCUT2D eigenvalue weighted by Gasteiger charge is 2.28. The Labute approximate surface area is 155 Å². The molecule has 26 heavy (non-hydrogen) atoms. The molecule has 0 spiro atoms. The lowest BCUT2D eigenvalue weighted by molar-refractivity contribution is 0.0772. The van der Waals surface area contributed by atoms with Crippen LogP contribution in [0.15, 0.2) is 54.9 Å². The van der Waals surface area contributed by atoms with E-state index >= 15 is 0 Å². The van der Waals surface area contributed by atoms with Gasteiger partial charge in [0.2, 0.25) is 0 Å². The molecule has 0 aliphatic carbocycles. The predicted octanol–water partition coefficient (Wildman–Crippen LogP) is 3.42. The predicted molar refractivity (Wildman–Crippen MR) is 98.2 cm³/mol. The van der Waals surface area contributed by atoms with Gasteiger partial charge in [-0.15, -0.1) is 0 Å². The highest BCUT2D eigenvalue weighted by Crippen LogP contribution is 2.27. The molecule has 7 heteroatoms. The number of carbonyl (C=O) groups is 1. The first-order chi connectivity index (χ1) is 12.7. The van der Waals surface area contributed by atoms with Gasteiger partial charge in [-0.1, -0.05) is 35.9 Å². The molecule has 2 aromatic carbocycles. The number of benzene rings is 2. The molecule has 3 aromatic rings. The van der Waals surface area contributed by atoms with Crippen LogP contribution in [-0.4, -0.2) is 45.2 Å². The monoisotopic (exact) mass is 368 g/mol. The van der Waals surface area contributed by atoms with Crippen LogP contribution < -0.4 is 4.74 Å². The van der Waals surface area contributed by atoms with Gasteiger partial charge >= 0.3 is 0 Å². The fraction of sp³-hybridized carbons (Fsp3) is 0.211. The first-order valence-corrected chi connectivity index (χ1v) is 8.75. The zero-order valence-corrected chi connectivity index (χ0v) is 14.7. The Morgan fingerprint density at radius 3 is 2.73 bits per heavy atom. The van der Waals surface area contributed by atoms with E-state index < -0.39 is 0 Å². The molecule has 0 saturated carbocycles. The molecule has 2 heterocycles. The van der Waals surface area contributed by atoms with Crippen LogP contribution >= 0.6 is 11.6 Å². The van der Waals surface area contributed by atoms with E-state index in [1.54, 1.807) is 6.07 Å².